The highest BCUT2D eigenvalue weighted by Gasteiger charge is 2.45. The molecule has 1 aliphatic carbocycles. The third kappa shape index (κ3) is 6.59. The molecule has 0 spiro atoms. The molecule has 0 amide bonds. The number of hydrogen-bond donors (Lipinski definition) is 1. The Morgan fingerprint density at radius 3 is 1.79 bits per heavy atom. The van der Waals surface area contributed by atoms with Crippen LogP contribution in [0.15, 0.2) is 22.8 Å². The Kier molecular flexibility index (Phi) is 9.74. The summed E-state index contributed by atoms with van der Waals surface area (Å²) in [5, 5.41) is 0. The summed E-state index contributed by atoms with van der Waals surface area (Å²) in [5.74, 6) is 2.08. The number of hydrogen-bond acceptors (Lipinski definition) is 1. The molecule has 1 rings (SSSR count). The maximum absolute atomic E-state index is 4.15. The molecule has 4 atom stereocenters. The maximum atomic E-state index is 4.15. The smallest absolute Gasteiger partial charge is 0.131 e. The van der Waals surface area contributed by atoms with Gasteiger partial charge in [0.25, 0.3) is 0 Å². The van der Waals surface area contributed by atoms with Crippen molar-refractivity contribution in [3.8, 4) is 0 Å². The summed E-state index contributed by atoms with van der Waals surface area (Å²) in [6, 6.07) is 0. The van der Waals surface area contributed by atoms with E-state index in [0.717, 1.165) is 0 Å². The standard InChI is InChI=1S/C26H51NSi/c1-12-15-19(4)22-18-23(20(5)16-13-2)25(24(22)21(6)17-14-3)28(10,11)27-26(7,8)9/h18-21,25,27H,12-17H2,1-11H3. The summed E-state index contributed by atoms with van der Waals surface area (Å²) >= 11 is 0. The van der Waals surface area contributed by atoms with Gasteiger partial charge in [0.15, 0.2) is 0 Å². The first-order chi connectivity index (χ1) is 12.9. The number of rotatable bonds is 11. The zero-order valence-electron chi connectivity index (χ0n) is 21.1. The summed E-state index contributed by atoms with van der Waals surface area (Å²) in [7, 11) is -1.70. The van der Waals surface area contributed by atoms with Crippen molar-refractivity contribution in [3.05, 3.63) is 22.8 Å². The third-order valence-corrected chi connectivity index (χ3v) is 10.00. The molecular weight excluding hydrogens is 354 g/mol. The lowest BCUT2D eigenvalue weighted by molar-refractivity contribution is 0.497. The zero-order valence-corrected chi connectivity index (χ0v) is 22.1. The van der Waals surface area contributed by atoms with Crippen LogP contribution >= 0.6 is 0 Å². The van der Waals surface area contributed by atoms with E-state index in [1.54, 1.807) is 11.1 Å². The molecule has 1 aliphatic rings. The Labute approximate surface area is 178 Å². The molecule has 0 saturated heterocycles. The van der Waals surface area contributed by atoms with Crippen LogP contribution in [0.2, 0.25) is 18.6 Å². The molecule has 4 unspecified atom stereocenters. The first-order valence-electron chi connectivity index (χ1n) is 12.1. The molecule has 164 valence electrons. The molecule has 0 radical (unpaired) electrons. The van der Waals surface area contributed by atoms with E-state index < -0.39 is 8.24 Å². The van der Waals surface area contributed by atoms with Crippen LogP contribution in [0.5, 0.6) is 0 Å². The number of allylic oxidation sites excluding steroid dienone is 4. The van der Waals surface area contributed by atoms with E-state index in [0.29, 0.717) is 23.3 Å². The predicted molar refractivity (Wildman–Crippen MR) is 131 cm³/mol. The topological polar surface area (TPSA) is 12.0 Å². The van der Waals surface area contributed by atoms with Gasteiger partial charge < -0.3 is 4.98 Å². The van der Waals surface area contributed by atoms with Crippen LogP contribution in [0.4, 0.5) is 0 Å². The fourth-order valence-electron chi connectivity index (χ4n) is 5.74. The van der Waals surface area contributed by atoms with E-state index >= 15 is 0 Å². The van der Waals surface area contributed by atoms with Gasteiger partial charge in [0.05, 0.1) is 0 Å². The van der Waals surface area contributed by atoms with Gasteiger partial charge in [-0.25, -0.2) is 0 Å². The van der Waals surface area contributed by atoms with Gasteiger partial charge in [-0.15, -0.1) is 0 Å². The van der Waals surface area contributed by atoms with Crippen LogP contribution < -0.4 is 4.98 Å². The first kappa shape index (κ1) is 25.7. The Morgan fingerprint density at radius 2 is 1.32 bits per heavy atom. The van der Waals surface area contributed by atoms with E-state index in [2.05, 4.69) is 86.5 Å². The van der Waals surface area contributed by atoms with Crippen LogP contribution in [0.1, 0.15) is 101 Å². The Bertz CT molecular complexity index is 549. The van der Waals surface area contributed by atoms with Crippen molar-refractivity contribution >= 4 is 8.24 Å². The predicted octanol–water partition coefficient (Wildman–Crippen LogP) is 8.50. The monoisotopic (exact) mass is 405 g/mol. The molecule has 0 fully saturated rings. The van der Waals surface area contributed by atoms with Gasteiger partial charge in [-0.1, -0.05) is 91.1 Å². The molecule has 2 heteroatoms. The third-order valence-electron chi connectivity index (χ3n) is 6.51. The molecule has 0 heterocycles. The molecule has 28 heavy (non-hydrogen) atoms. The van der Waals surface area contributed by atoms with Crippen molar-refractivity contribution in [1.29, 1.82) is 0 Å². The minimum Gasteiger partial charge on any atom is -0.332 e. The minimum atomic E-state index is -1.70. The number of nitrogens with one attached hydrogen (secondary N) is 1. The van der Waals surface area contributed by atoms with Crippen molar-refractivity contribution in [1.82, 2.24) is 4.98 Å². The normalized spacial score (nSPS) is 21.7. The average Bonchev–Trinajstić information content (AvgIpc) is 2.95. The average molecular weight is 406 g/mol. The Balaban J connectivity index is 3.54. The van der Waals surface area contributed by atoms with Crippen LogP contribution in [0.25, 0.3) is 0 Å². The molecule has 0 aliphatic heterocycles. The second-order valence-corrected chi connectivity index (χ2v) is 15.4. The van der Waals surface area contributed by atoms with Gasteiger partial charge in [0, 0.05) is 11.1 Å². The van der Waals surface area contributed by atoms with Crippen molar-refractivity contribution < 1.29 is 0 Å². The molecular formula is C26H51NSi. The van der Waals surface area contributed by atoms with Gasteiger partial charge >= 0.3 is 0 Å². The lowest BCUT2D eigenvalue weighted by atomic mass is 9.85. The summed E-state index contributed by atoms with van der Waals surface area (Å²) in [4.78, 5) is 4.15. The maximum Gasteiger partial charge on any atom is 0.131 e. The lowest BCUT2D eigenvalue weighted by Crippen LogP contribution is -2.58. The summed E-state index contributed by atoms with van der Waals surface area (Å²) < 4.78 is 0. The highest BCUT2D eigenvalue weighted by Crippen LogP contribution is 2.52. The second-order valence-electron chi connectivity index (χ2n) is 11.2. The summed E-state index contributed by atoms with van der Waals surface area (Å²) in [6.07, 6.45) is 10.5. The largest absolute Gasteiger partial charge is 0.332 e. The van der Waals surface area contributed by atoms with E-state index in [4.69, 9.17) is 0 Å². The summed E-state index contributed by atoms with van der Waals surface area (Å²) in [5.41, 5.74) is 6.11. The molecule has 0 saturated carbocycles. The van der Waals surface area contributed by atoms with E-state index in [9.17, 15) is 0 Å². The fourth-order valence-corrected chi connectivity index (χ4v) is 10.2. The Morgan fingerprint density at radius 1 is 0.857 bits per heavy atom. The highest BCUT2D eigenvalue weighted by molar-refractivity contribution is 6.78. The zero-order chi connectivity index (χ0) is 21.7. The van der Waals surface area contributed by atoms with Gasteiger partial charge in [-0.2, -0.15) is 0 Å². The lowest BCUT2D eigenvalue weighted by Gasteiger charge is -2.42. The summed E-state index contributed by atoms with van der Waals surface area (Å²) in [6.45, 7) is 26.7. The highest BCUT2D eigenvalue weighted by atomic mass is 28.3. The molecule has 0 aromatic carbocycles. The second kappa shape index (κ2) is 10.6. The Hall–Kier alpha value is -0.343. The van der Waals surface area contributed by atoms with Gasteiger partial charge in [-0.05, 0) is 63.4 Å². The molecule has 0 aromatic heterocycles. The SMILES string of the molecule is CCCC(C)C1=CC(C(C)CCC)=C(C(C)CCC)C1[Si](C)(C)NC(C)(C)C. The molecule has 0 bridgehead atoms. The van der Waals surface area contributed by atoms with Gasteiger partial charge in [-0.3, -0.25) is 0 Å². The van der Waals surface area contributed by atoms with Crippen LogP contribution in [0.3, 0.4) is 0 Å². The molecule has 1 N–H and O–H groups in total. The van der Waals surface area contributed by atoms with Crippen LogP contribution in [-0.2, 0) is 0 Å². The molecule has 0 aromatic rings. The van der Waals surface area contributed by atoms with E-state index in [-0.39, 0.29) is 5.54 Å². The fraction of sp³-hybridized carbons (Fsp3) is 0.846. The van der Waals surface area contributed by atoms with E-state index in [1.165, 1.54) is 38.5 Å². The van der Waals surface area contributed by atoms with Crippen molar-refractivity contribution in [3.63, 3.8) is 0 Å². The van der Waals surface area contributed by atoms with Crippen LogP contribution in [-0.4, -0.2) is 13.8 Å². The van der Waals surface area contributed by atoms with Crippen molar-refractivity contribution in [2.75, 3.05) is 0 Å². The van der Waals surface area contributed by atoms with Gasteiger partial charge in [0.1, 0.15) is 8.24 Å². The van der Waals surface area contributed by atoms with Crippen molar-refractivity contribution in [2.24, 2.45) is 17.8 Å². The van der Waals surface area contributed by atoms with E-state index in [1.807, 2.05) is 5.57 Å². The first-order valence-corrected chi connectivity index (χ1v) is 15.2. The van der Waals surface area contributed by atoms with Crippen LogP contribution in [0, 0.1) is 17.8 Å². The molecule has 1 nitrogen and oxygen atoms in total. The van der Waals surface area contributed by atoms with Crippen molar-refractivity contribution in [2.45, 2.75) is 125 Å². The van der Waals surface area contributed by atoms with Gasteiger partial charge in [0.2, 0.25) is 0 Å². The minimum absolute atomic E-state index is 0.172. The quantitative estimate of drug-likeness (QED) is 0.340.